The van der Waals surface area contributed by atoms with Gasteiger partial charge in [-0.2, -0.15) is 0 Å². The van der Waals surface area contributed by atoms with Gasteiger partial charge < -0.3 is 0 Å². The smallest absolute Gasteiger partial charge is 0.0518 e. The Morgan fingerprint density at radius 1 is 0.917 bits per heavy atom. The lowest BCUT2D eigenvalue weighted by Gasteiger charge is -2.27. The fraction of sp³-hybridized carbons (Fsp3) is 0.174. The van der Waals surface area contributed by atoms with E-state index in [0.717, 1.165) is 5.71 Å². The van der Waals surface area contributed by atoms with E-state index in [1.165, 1.54) is 34.4 Å². The number of allylic oxidation sites excluding steroid dienone is 5. The number of aliphatic imine (C=N–C) groups is 1. The standard InChI is InChI=1S/C23H19N/c1-16-14-21(23-15-20(23)8-5-9-22(23)24-16)19-12-10-18(11-13-19)17-6-3-2-4-7-17/h2-14,20H,15H2,1H3. The van der Waals surface area contributed by atoms with Crippen LogP contribution in [0.5, 0.6) is 0 Å². The summed E-state index contributed by atoms with van der Waals surface area (Å²) < 4.78 is 0. The summed E-state index contributed by atoms with van der Waals surface area (Å²) in [4.78, 5) is 4.81. The van der Waals surface area contributed by atoms with Crippen LogP contribution in [0.25, 0.3) is 16.7 Å². The number of rotatable bonds is 2. The van der Waals surface area contributed by atoms with Crippen LogP contribution in [0.2, 0.25) is 0 Å². The molecule has 0 aromatic heterocycles. The fourth-order valence-electron chi connectivity index (χ4n) is 4.20. The van der Waals surface area contributed by atoms with Crippen LogP contribution in [0.4, 0.5) is 0 Å². The van der Waals surface area contributed by atoms with E-state index in [2.05, 4.69) is 85.8 Å². The average molecular weight is 309 g/mol. The van der Waals surface area contributed by atoms with Crippen molar-refractivity contribution in [3.05, 3.63) is 90.2 Å². The minimum Gasteiger partial charge on any atom is -0.257 e. The number of benzene rings is 2. The third-order valence-electron chi connectivity index (χ3n) is 5.50. The van der Waals surface area contributed by atoms with Crippen molar-refractivity contribution in [2.75, 3.05) is 0 Å². The third-order valence-corrected chi connectivity index (χ3v) is 5.50. The van der Waals surface area contributed by atoms with Crippen LogP contribution >= 0.6 is 0 Å². The van der Waals surface area contributed by atoms with E-state index in [4.69, 9.17) is 4.99 Å². The van der Waals surface area contributed by atoms with Crippen LogP contribution in [0.3, 0.4) is 0 Å². The maximum Gasteiger partial charge on any atom is 0.0518 e. The van der Waals surface area contributed by atoms with Crippen molar-refractivity contribution < 1.29 is 0 Å². The number of hydrogen-bond donors (Lipinski definition) is 0. The Morgan fingerprint density at radius 3 is 2.42 bits per heavy atom. The summed E-state index contributed by atoms with van der Waals surface area (Å²) in [7, 11) is 0. The average Bonchev–Trinajstić information content (AvgIpc) is 3.37. The third kappa shape index (κ3) is 1.91. The lowest BCUT2D eigenvalue weighted by Crippen LogP contribution is -2.17. The van der Waals surface area contributed by atoms with Gasteiger partial charge in [0.05, 0.1) is 5.70 Å². The molecule has 5 rings (SSSR count). The second-order valence-electron chi connectivity index (χ2n) is 6.97. The first kappa shape index (κ1) is 13.7. The molecule has 3 aliphatic rings. The summed E-state index contributed by atoms with van der Waals surface area (Å²) in [6.45, 7) is 2.10. The van der Waals surface area contributed by atoms with Crippen molar-refractivity contribution in [3.8, 4) is 11.1 Å². The lowest BCUT2D eigenvalue weighted by atomic mass is 9.80. The molecule has 0 N–H and O–H groups in total. The summed E-state index contributed by atoms with van der Waals surface area (Å²) in [6, 6.07) is 19.6. The predicted molar refractivity (Wildman–Crippen MR) is 101 cm³/mol. The SMILES string of the molecule is CC1=NC2=CC=CC3CC23C(c2ccc(-c3ccccc3)cc2)=C1. The fourth-order valence-corrected chi connectivity index (χ4v) is 4.20. The van der Waals surface area contributed by atoms with E-state index in [-0.39, 0.29) is 5.41 Å². The van der Waals surface area contributed by atoms with Crippen molar-refractivity contribution in [1.29, 1.82) is 0 Å². The highest BCUT2D eigenvalue weighted by Gasteiger charge is 2.59. The van der Waals surface area contributed by atoms with Gasteiger partial charge in [-0.3, -0.25) is 4.99 Å². The Balaban J connectivity index is 1.56. The molecule has 1 nitrogen and oxygen atoms in total. The number of nitrogens with zero attached hydrogens (tertiary/aromatic N) is 1. The van der Waals surface area contributed by atoms with Crippen LogP contribution < -0.4 is 0 Å². The van der Waals surface area contributed by atoms with Gasteiger partial charge in [0.25, 0.3) is 0 Å². The highest BCUT2D eigenvalue weighted by molar-refractivity contribution is 6.04. The van der Waals surface area contributed by atoms with Gasteiger partial charge in [-0.05, 0) is 53.7 Å². The van der Waals surface area contributed by atoms with Gasteiger partial charge in [-0.1, -0.05) is 66.7 Å². The van der Waals surface area contributed by atoms with E-state index in [9.17, 15) is 0 Å². The Kier molecular flexibility index (Phi) is 2.81. The molecule has 24 heavy (non-hydrogen) atoms. The highest BCUT2D eigenvalue weighted by atomic mass is 14.9. The molecule has 1 heterocycles. The minimum absolute atomic E-state index is 0.141. The first-order valence-corrected chi connectivity index (χ1v) is 8.60. The lowest BCUT2D eigenvalue weighted by molar-refractivity contribution is 0.729. The Hall–Kier alpha value is -2.67. The van der Waals surface area contributed by atoms with Gasteiger partial charge in [0, 0.05) is 11.1 Å². The molecule has 2 unspecified atom stereocenters. The number of hydrogen-bond acceptors (Lipinski definition) is 1. The van der Waals surface area contributed by atoms with E-state index in [0.29, 0.717) is 5.92 Å². The van der Waals surface area contributed by atoms with Crippen molar-refractivity contribution in [3.63, 3.8) is 0 Å². The topological polar surface area (TPSA) is 12.4 Å². The van der Waals surface area contributed by atoms with Gasteiger partial charge in [0.15, 0.2) is 0 Å². The molecule has 1 aliphatic heterocycles. The molecule has 0 saturated heterocycles. The zero-order valence-electron chi connectivity index (χ0n) is 13.7. The van der Waals surface area contributed by atoms with E-state index in [1.807, 2.05) is 0 Å². The van der Waals surface area contributed by atoms with Gasteiger partial charge in [-0.25, -0.2) is 0 Å². The molecule has 0 bridgehead atoms. The van der Waals surface area contributed by atoms with Crippen LogP contribution in [0.15, 0.2) is 89.6 Å². The largest absolute Gasteiger partial charge is 0.257 e. The summed E-state index contributed by atoms with van der Waals surface area (Å²) >= 11 is 0. The van der Waals surface area contributed by atoms with Crippen LogP contribution in [-0.4, -0.2) is 5.71 Å². The van der Waals surface area contributed by atoms with Crippen molar-refractivity contribution in [2.45, 2.75) is 13.3 Å². The molecule has 1 fully saturated rings. The Bertz CT molecular complexity index is 926. The second-order valence-corrected chi connectivity index (χ2v) is 6.97. The molecule has 116 valence electrons. The maximum atomic E-state index is 4.81. The molecule has 2 aromatic rings. The van der Waals surface area contributed by atoms with Crippen LogP contribution in [-0.2, 0) is 0 Å². The molecule has 2 atom stereocenters. The van der Waals surface area contributed by atoms with Gasteiger partial charge in [0.2, 0.25) is 0 Å². The maximum absolute atomic E-state index is 4.81. The predicted octanol–water partition coefficient (Wildman–Crippen LogP) is 5.67. The second kappa shape index (κ2) is 4.91. The summed E-state index contributed by atoms with van der Waals surface area (Å²) in [5.41, 5.74) is 7.80. The molecule has 0 amide bonds. The Labute approximate surface area is 142 Å². The van der Waals surface area contributed by atoms with Crippen LogP contribution in [0.1, 0.15) is 18.9 Å². The Morgan fingerprint density at radius 2 is 1.62 bits per heavy atom. The first-order valence-electron chi connectivity index (χ1n) is 8.60. The normalized spacial score (nSPS) is 26.7. The van der Waals surface area contributed by atoms with E-state index in [1.54, 1.807) is 0 Å². The monoisotopic (exact) mass is 309 g/mol. The van der Waals surface area contributed by atoms with Crippen LogP contribution in [0, 0.1) is 11.3 Å². The van der Waals surface area contributed by atoms with Gasteiger partial charge >= 0.3 is 0 Å². The van der Waals surface area contributed by atoms with Gasteiger partial charge in [0.1, 0.15) is 0 Å². The molecule has 2 aromatic carbocycles. The van der Waals surface area contributed by atoms with Crippen molar-refractivity contribution >= 4 is 11.3 Å². The summed E-state index contributed by atoms with van der Waals surface area (Å²) in [6.07, 6.45) is 10.2. The zero-order valence-corrected chi connectivity index (χ0v) is 13.7. The van der Waals surface area contributed by atoms with E-state index < -0.39 is 0 Å². The van der Waals surface area contributed by atoms with E-state index >= 15 is 0 Å². The molecular formula is C23H19N. The molecule has 1 heteroatoms. The minimum atomic E-state index is 0.141. The summed E-state index contributed by atoms with van der Waals surface area (Å²) in [5.74, 6) is 0.620. The highest BCUT2D eigenvalue weighted by Crippen LogP contribution is 2.68. The first-order chi connectivity index (χ1) is 11.8. The molecule has 1 saturated carbocycles. The molecule has 2 aliphatic carbocycles. The molecular weight excluding hydrogens is 290 g/mol. The van der Waals surface area contributed by atoms with Crippen molar-refractivity contribution in [2.24, 2.45) is 16.3 Å². The zero-order chi connectivity index (χ0) is 16.1. The number of dihydropyridines is 1. The quantitative estimate of drug-likeness (QED) is 0.677. The molecule has 0 radical (unpaired) electrons. The molecule has 1 spiro atoms. The summed E-state index contributed by atoms with van der Waals surface area (Å²) in [5, 5.41) is 0. The van der Waals surface area contributed by atoms with Gasteiger partial charge in [-0.15, -0.1) is 0 Å². The van der Waals surface area contributed by atoms with Crippen molar-refractivity contribution in [1.82, 2.24) is 0 Å².